The zero-order valence-electron chi connectivity index (χ0n) is 21.5. The first-order valence-corrected chi connectivity index (χ1v) is 14.5. The highest BCUT2D eigenvalue weighted by atomic mass is 32.2. The van der Waals surface area contributed by atoms with Crippen molar-refractivity contribution in [2.75, 3.05) is 32.5 Å². The molecule has 1 aliphatic heterocycles. The molecule has 0 aliphatic carbocycles. The summed E-state index contributed by atoms with van der Waals surface area (Å²) >= 11 is 0. The Kier molecular flexibility index (Phi) is 9.42. The van der Waals surface area contributed by atoms with Crippen LogP contribution in [0.4, 0.5) is 17.6 Å². The third-order valence-corrected chi connectivity index (χ3v) is 7.21. The summed E-state index contributed by atoms with van der Waals surface area (Å²) in [5, 5.41) is 0. The van der Waals surface area contributed by atoms with E-state index >= 15 is 0 Å². The third kappa shape index (κ3) is 9.13. The summed E-state index contributed by atoms with van der Waals surface area (Å²) < 4.78 is 87.0. The summed E-state index contributed by atoms with van der Waals surface area (Å²) in [4.78, 5) is 6.84. The van der Waals surface area contributed by atoms with Crippen molar-refractivity contribution in [3.8, 4) is 11.3 Å². The summed E-state index contributed by atoms with van der Waals surface area (Å²) in [5.74, 6) is 0.335. The number of alkyl halides is 3. The predicted octanol–water partition coefficient (Wildman–Crippen LogP) is 5.03. The van der Waals surface area contributed by atoms with E-state index in [1.807, 2.05) is 24.3 Å². The Balaban J connectivity index is 1.33. The molecule has 0 radical (unpaired) electrons. The van der Waals surface area contributed by atoms with Crippen LogP contribution in [-0.4, -0.2) is 57.0 Å². The maximum Gasteiger partial charge on any atom is 0.411 e. The molecule has 0 bridgehead atoms. The van der Waals surface area contributed by atoms with E-state index in [0.29, 0.717) is 17.2 Å². The van der Waals surface area contributed by atoms with E-state index in [4.69, 9.17) is 9.15 Å². The lowest BCUT2D eigenvalue weighted by Gasteiger charge is -2.30. The first kappa shape index (κ1) is 29.2. The van der Waals surface area contributed by atoms with Crippen molar-refractivity contribution in [2.24, 2.45) is 0 Å². The van der Waals surface area contributed by atoms with Crippen molar-refractivity contribution >= 4 is 10.0 Å². The number of nitrogens with one attached hydrogen (secondary N) is 1. The number of hydrogen-bond donors (Lipinski definition) is 1. The fourth-order valence-corrected chi connectivity index (χ4v) is 4.89. The SMILES string of the molecule is CS(=O)(=O)NCc1ccc(CCN2CCC(c3nc(COCC(F)(F)F)c(-c4ccc(F)cc4)o3)CC2)cc1. The molecule has 4 rings (SSSR count). The summed E-state index contributed by atoms with van der Waals surface area (Å²) in [7, 11) is -3.24. The number of oxazole rings is 1. The van der Waals surface area contributed by atoms with Crippen LogP contribution in [-0.2, 0) is 34.3 Å². The Hall–Kier alpha value is -2.80. The van der Waals surface area contributed by atoms with Crippen LogP contribution >= 0.6 is 0 Å². The first-order chi connectivity index (χ1) is 18.4. The molecule has 1 aliphatic rings. The second kappa shape index (κ2) is 12.6. The van der Waals surface area contributed by atoms with E-state index in [1.54, 1.807) is 0 Å². The molecule has 2 heterocycles. The van der Waals surface area contributed by atoms with Gasteiger partial charge in [0.15, 0.2) is 11.7 Å². The number of likely N-dealkylation sites (tertiary alicyclic amines) is 1. The standard InChI is InChI=1S/C27H31F4N3O4S/c1-39(35,36)32-16-20-4-2-19(3-5-20)10-13-34-14-11-22(12-15-34)26-33-24(17-37-18-27(29,30)31)25(38-26)21-6-8-23(28)9-7-21/h2-9,22,32H,10-18H2,1H3. The lowest BCUT2D eigenvalue weighted by atomic mass is 9.96. The number of aromatic nitrogens is 1. The van der Waals surface area contributed by atoms with Crippen LogP contribution < -0.4 is 4.72 Å². The van der Waals surface area contributed by atoms with E-state index in [1.165, 1.54) is 24.3 Å². The van der Waals surface area contributed by atoms with Crippen molar-refractivity contribution in [3.05, 3.63) is 77.1 Å². The minimum atomic E-state index is -4.45. The highest BCUT2D eigenvalue weighted by molar-refractivity contribution is 7.88. The molecule has 7 nitrogen and oxygen atoms in total. The fourth-order valence-electron chi connectivity index (χ4n) is 4.46. The highest BCUT2D eigenvalue weighted by Gasteiger charge is 2.29. The minimum absolute atomic E-state index is 0.0124. The number of rotatable bonds is 11. The number of sulfonamides is 1. The van der Waals surface area contributed by atoms with Gasteiger partial charge in [0.2, 0.25) is 10.0 Å². The van der Waals surface area contributed by atoms with E-state index in [9.17, 15) is 26.0 Å². The number of ether oxygens (including phenoxy) is 1. The maximum atomic E-state index is 13.4. The number of hydrogen-bond acceptors (Lipinski definition) is 6. The van der Waals surface area contributed by atoms with Gasteiger partial charge in [-0.2, -0.15) is 13.2 Å². The van der Waals surface area contributed by atoms with Gasteiger partial charge in [-0.05, 0) is 67.7 Å². The van der Waals surface area contributed by atoms with Crippen molar-refractivity contribution in [1.29, 1.82) is 0 Å². The number of halogens is 4. The summed E-state index contributed by atoms with van der Waals surface area (Å²) in [6.07, 6.45) is -0.917. The second-order valence-corrected chi connectivity index (χ2v) is 11.6. The molecular weight excluding hydrogens is 538 g/mol. The second-order valence-electron chi connectivity index (χ2n) is 9.72. The molecule has 0 atom stereocenters. The van der Waals surface area contributed by atoms with Gasteiger partial charge in [-0.1, -0.05) is 24.3 Å². The van der Waals surface area contributed by atoms with Crippen LogP contribution in [0.2, 0.25) is 0 Å². The van der Waals surface area contributed by atoms with Crippen LogP contribution in [0.25, 0.3) is 11.3 Å². The Morgan fingerprint density at radius 2 is 1.69 bits per heavy atom. The van der Waals surface area contributed by atoms with Crippen LogP contribution in [0.5, 0.6) is 0 Å². The van der Waals surface area contributed by atoms with Gasteiger partial charge in [0.05, 0.1) is 12.9 Å². The highest BCUT2D eigenvalue weighted by Crippen LogP contribution is 2.33. The maximum absolute atomic E-state index is 13.4. The average Bonchev–Trinajstić information content (AvgIpc) is 3.30. The molecule has 3 aromatic rings. The average molecular weight is 570 g/mol. The summed E-state index contributed by atoms with van der Waals surface area (Å²) in [6, 6.07) is 13.4. The Morgan fingerprint density at radius 1 is 1.05 bits per heavy atom. The van der Waals surface area contributed by atoms with Gasteiger partial charge in [-0.15, -0.1) is 0 Å². The van der Waals surface area contributed by atoms with Gasteiger partial charge < -0.3 is 14.1 Å². The van der Waals surface area contributed by atoms with Gasteiger partial charge in [0.25, 0.3) is 0 Å². The Labute approximate surface area is 225 Å². The molecule has 0 amide bonds. The molecule has 39 heavy (non-hydrogen) atoms. The third-order valence-electron chi connectivity index (χ3n) is 6.54. The smallest absolute Gasteiger partial charge is 0.411 e. The molecule has 212 valence electrons. The lowest BCUT2D eigenvalue weighted by molar-refractivity contribution is -0.176. The topological polar surface area (TPSA) is 84.7 Å². The fraction of sp³-hybridized carbons (Fsp3) is 0.444. The molecule has 1 saturated heterocycles. The predicted molar refractivity (Wildman–Crippen MR) is 138 cm³/mol. The number of nitrogens with zero attached hydrogens (tertiary/aromatic N) is 2. The van der Waals surface area contributed by atoms with Crippen LogP contribution in [0.1, 0.15) is 41.5 Å². The van der Waals surface area contributed by atoms with Gasteiger partial charge in [0, 0.05) is 24.6 Å². The Morgan fingerprint density at radius 3 is 2.31 bits per heavy atom. The minimum Gasteiger partial charge on any atom is -0.440 e. The van der Waals surface area contributed by atoms with Crippen LogP contribution in [0, 0.1) is 5.82 Å². The molecular formula is C27H31F4N3O4S. The molecule has 1 aromatic heterocycles. The van der Waals surface area contributed by atoms with Gasteiger partial charge in [0.1, 0.15) is 18.1 Å². The Bertz CT molecular complexity index is 1320. The first-order valence-electron chi connectivity index (χ1n) is 12.6. The van der Waals surface area contributed by atoms with Crippen LogP contribution in [0.15, 0.2) is 52.9 Å². The van der Waals surface area contributed by atoms with E-state index in [2.05, 4.69) is 14.6 Å². The van der Waals surface area contributed by atoms with Crippen molar-refractivity contribution in [3.63, 3.8) is 0 Å². The van der Waals surface area contributed by atoms with Gasteiger partial charge in [-0.25, -0.2) is 22.5 Å². The zero-order chi connectivity index (χ0) is 28.0. The van der Waals surface area contributed by atoms with Crippen molar-refractivity contribution in [2.45, 2.75) is 44.5 Å². The molecule has 1 N–H and O–H groups in total. The largest absolute Gasteiger partial charge is 0.440 e. The molecule has 12 heteroatoms. The van der Waals surface area contributed by atoms with E-state index in [-0.39, 0.29) is 24.8 Å². The van der Waals surface area contributed by atoms with E-state index in [0.717, 1.165) is 56.3 Å². The molecule has 0 saturated carbocycles. The quantitative estimate of drug-likeness (QED) is 0.326. The number of piperidine rings is 1. The zero-order valence-corrected chi connectivity index (χ0v) is 22.3. The van der Waals surface area contributed by atoms with Crippen molar-refractivity contribution in [1.82, 2.24) is 14.6 Å². The van der Waals surface area contributed by atoms with Crippen molar-refractivity contribution < 1.29 is 35.1 Å². The molecule has 2 aromatic carbocycles. The van der Waals surface area contributed by atoms with E-state index < -0.39 is 28.6 Å². The van der Waals surface area contributed by atoms with Gasteiger partial charge >= 0.3 is 6.18 Å². The summed E-state index contributed by atoms with van der Waals surface area (Å²) in [6.45, 7) is 0.988. The normalized spacial score (nSPS) is 15.6. The van der Waals surface area contributed by atoms with Crippen LogP contribution in [0.3, 0.4) is 0 Å². The molecule has 1 fully saturated rings. The number of benzene rings is 2. The molecule has 0 spiro atoms. The summed E-state index contributed by atoms with van der Waals surface area (Å²) in [5.41, 5.74) is 2.83. The van der Waals surface area contributed by atoms with Gasteiger partial charge in [-0.3, -0.25) is 0 Å². The monoisotopic (exact) mass is 569 g/mol. The molecule has 0 unspecified atom stereocenters. The lowest BCUT2D eigenvalue weighted by Crippen LogP contribution is -2.34.